The lowest BCUT2D eigenvalue weighted by Gasteiger charge is -2.26. The van der Waals surface area contributed by atoms with Gasteiger partial charge in [-0.15, -0.1) is 0 Å². The first-order valence-electron chi connectivity index (χ1n) is 12.6. The van der Waals surface area contributed by atoms with Crippen LogP contribution < -0.4 is 9.62 Å². The number of sulfonamides is 1. The van der Waals surface area contributed by atoms with E-state index in [0.29, 0.717) is 34.2 Å². The molecule has 5 rings (SSSR count). The van der Waals surface area contributed by atoms with Gasteiger partial charge in [-0.05, 0) is 37.5 Å². The number of carbonyl (C=O) groups excluding carboxylic acids is 1. The number of ketones is 1. The van der Waals surface area contributed by atoms with E-state index in [-0.39, 0.29) is 5.56 Å². The molecule has 1 aromatic carbocycles. The molecule has 216 valence electrons. The summed E-state index contributed by atoms with van der Waals surface area (Å²) in [5, 5.41) is 0.295. The molecule has 2 N–H and O–H groups in total. The van der Waals surface area contributed by atoms with E-state index in [0.717, 1.165) is 32.0 Å². The van der Waals surface area contributed by atoms with Gasteiger partial charge in [0.15, 0.2) is 11.6 Å². The van der Waals surface area contributed by atoms with Crippen LogP contribution in [0, 0.1) is 11.6 Å². The van der Waals surface area contributed by atoms with Gasteiger partial charge in [-0.2, -0.15) is 13.2 Å². The average molecular weight is 595 g/mol. The summed E-state index contributed by atoms with van der Waals surface area (Å²) < 4.78 is 92.6. The molecule has 0 atom stereocenters. The predicted octanol–water partition coefficient (Wildman–Crippen LogP) is 5.21. The highest BCUT2D eigenvalue weighted by atomic mass is 32.2. The number of aromatic amines is 1. The molecule has 1 saturated heterocycles. The fraction of sp³-hybridized carbons (Fsp3) is 0.308. The molecule has 1 fully saturated rings. The minimum atomic E-state index is -4.80. The van der Waals surface area contributed by atoms with Gasteiger partial charge in [-0.1, -0.05) is 0 Å². The number of carbonyl (C=O) groups is 1. The van der Waals surface area contributed by atoms with Crippen molar-refractivity contribution in [3.63, 3.8) is 0 Å². The minimum absolute atomic E-state index is 0.0448. The Morgan fingerprint density at radius 2 is 1.66 bits per heavy atom. The Morgan fingerprint density at radius 3 is 2.34 bits per heavy atom. The number of H-pyrrole nitrogens is 1. The molecule has 0 saturated carbocycles. The second kappa shape index (κ2) is 11.0. The first kappa shape index (κ1) is 28.4. The summed E-state index contributed by atoms with van der Waals surface area (Å²) in [5.41, 5.74) is -0.518. The molecule has 1 aliphatic heterocycles. The van der Waals surface area contributed by atoms with Crippen molar-refractivity contribution >= 4 is 38.5 Å². The van der Waals surface area contributed by atoms with E-state index in [4.69, 9.17) is 0 Å². The van der Waals surface area contributed by atoms with Gasteiger partial charge in [0.2, 0.25) is 16.0 Å². The maximum Gasteiger partial charge on any atom is 0.390 e. The zero-order chi connectivity index (χ0) is 29.4. The van der Waals surface area contributed by atoms with E-state index < -0.39 is 57.0 Å². The molecule has 15 heteroatoms. The van der Waals surface area contributed by atoms with E-state index >= 15 is 4.39 Å². The van der Waals surface area contributed by atoms with Gasteiger partial charge in [-0.3, -0.25) is 9.52 Å². The van der Waals surface area contributed by atoms with Crippen molar-refractivity contribution in [3.8, 4) is 11.1 Å². The zero-order valence-electron chi connectivity index (χ0n) is 21.3. The van der Waals surface area contributed by atoms with Gasteiger partial charge in [0, 0.05) is 60.0 Å². The summed E-state index contributed by atoms with van der Waals surface area (Å²) in [7, 11) is -4.78. The van der Waals surface area contributed by atoms with Crippen molar-refractivity contribution in [1.29, 1.82) is 0 Å². The third-order valence-electron chi connectivity index (χ3n) is 6.63. The third-order valence-corrected chi connectivity index (χ3v) is 7.89. The first-order chi connectivity index (χ1) is 19.4. The number of piperidine rings is 1. The molecule has 0 unspecified atom stereocenters. The van der Waals surface area contributed by atoms with Crippen LogP contribution in [0.3, 0.4) is 0 Å². The molecular formula is C26H23F5N6O3S. The standard InChI is InChI=1S/C26H23F5N6O3S/c27-20-5-4-17(21(28)22(20)36-41(39,40)9-6-26(29,30)31)23(38)19-14-33-24-18(19)10-15(11-32-24)16-12-34-25(35-13-16)37-7-2-1-3-8-37/h4-5,10-14,36H,1-3,6-9H2,(H,32,33). The van der Waals surface area contributed by atoms with E-state index in [1.165, 1.54) is 17.3 Å². The Morgan fingerprint density at radius 1 is 0.976 bits per heavy atom. The molecule has 0 bridgehead atoms. The van der Waals surface area contributed by atoms with Crippen LogP contribution in [0.1, 0.15) is 41.6 Å². The molecule has 1 aliphatic rings. The zero-order valence-corrected chi connectivity index (χ0v) is 22.1. The largest absolute Gasteiger partial charge is 0.390 e. The Kier molecular flexibility index (Phi) is 7.64. The lowest BCUT2D eigenvalue weighted by Crippen LogP contribution is -2.30. The summed E-state index contributed by atoms with van der Waals surface area (Å²) in [5.74, 6) is -4.74. The molecule has 3 aromatic heterocycles. The Bertz CT molecular complexity index is 1700. The number of hydrogen-bond acceptors (Lipinski definition) is 7. The Hall–Kier alpha value is -4.14. The lowest BCUT2D eigenvalue weighted by atomic mass is 10.0. The number of benzene rings is 1. The summed E-state index contributed by atoms with van der Waals surface area (Å²) in [6.45, 7) is 1.75. The minimum Gasteiger partial charge on any atom is -0.345 e. The second-order valence-corrected chi connectivity index (χ2v) is 11.4. The van der Waals surface area contributed by atoms with E-state index in [2.05, 4.69) is 24.8 Å². The van der Waals surface area contributed by atoms with Crippen LogP contribution in [-0.4, -0.2) is 59.2 Å². The summed E-state index contributed by atoms with van der Waals surface area (Å²) in [6, 6.07) is 3.09. The molecule has 0 aliphatic carbocycles. The van der Waals surface area contributed by atoms with Crippen molar-refractivity contribution < 1.29 is 35.2 Å². The van der Waals surface area contributed by atoms with Crippen molar-refractivity contribution in [3.05, 3.63) is 65.7 Å². The molecule has 41 heavy (non-hydrogen) atoms. The highest BCUT2D eigenvalue weighted by molar-refractivity contribution is 7.92. The van der Waals surface area contributed by atoms with Crippen LogP contribution in [0.5, 0.6) is 0 Å². The van der Waals surface area contributed by atoms with Crippen LogP contribution in [0.25, 0.3) is 22.2 Å². The van der Waals surface area contributed by atoms with E-state index in [1.54, 1.807) is 24.7 Å². The highest BCUT2D eigenvalue weighted by Gasteiger charge is 2.31. The Balaban J connectivity index is 1.43. The molecule has 0 spiro atoms. The summed E-state index contributed by atoms with van der Waals surface area (Å²) in [4.78, 5) is 31.4. The second-order valence-electron chi connectivity index (χ2n) is 9.54. The first-order valence-corrected chi connectivity index (χ1v) is 14.2. The molecular weight excluding hydrogens is 571 g/mol. The smallest absolute Gasteiger partial charge is 0.345 e. The van der Waals surface area contributed by atoms with Gasteiger partial charge in [-0.25, -0.2) is 32.2 Å². The van der Waals surface area contributed by atoms with Crippen molar-refractivity contribution in [2.45, 2.75) is 31.9 Å². The van der Waals surface area contributed by atoms with E-state index in [1.807, 2.05) is 0 Å². The van der Waals surface area contributed by atoms with Gasteiger partial charge in [0.05, 0.1) is 17.7 Å². The number of alkyl halides is 3. The van der Waals surface area contributed by atoms with Gasteiger partial charge in [0.1, 0.15) is 17.2 Å². The van der Waals surface area contributed by atoms with Crippen molar-refractivity contribution in [2.24, 2.45) is 0 Å². The van der Waals surface area contributed by atoms with Crippen molar-refractivity contribution in [1.82, 2.24) is 19.9 Å². The fourth-order valence-corrected chi connectivity index (χ4v) is 5.60. The van der Waals surface area contributed by atoms with Gasteiger partial charge in [0.25, 0.3) is 0 Å². The highest BCUT2D eigenvalue weighted by Crippen LogP contribution is 2.30. The topological polar surface area (TPSA) is 121 Å². The number of fused-ring (bicyclic) bond motifs is 1. The van der Waals surface area contributed by atoms with Crippen molar-refractivity contribution in [2.75, 3.05) is 28.5 Å². The van der Waals surface area contributed by atoms with Crippen LogP contribution in [0.4, 0.5) is 33.6 Å². The quantitative estimate of drug-likeness (QED) is 0.212. The SMILES string of the molecule is O=C(c1ccc(F)c(NS(=O)(=O)CCC(F)(F)F)c1F)c1c[nH]c2ncc(-c3cnc(N4CCCCC4)nc3)cc12. The van der Waals surface area contributed by atoms with E-state index in [9.17, 15) is 30.8 Å². The normalized spacial score (nSPS) is 14.4. The van der Waals surface area contributed by atoms with Crippen LogP contribution >= 0.6 is 0 Å². The number of rotatable bonds is 8. The van der Waals surface area contributed by atoms with Crippen LogP contribution in [0.15, 0.2) is 43.0 Å². The van der Waals surface area contributed by atoms with Crippen LogP contribution in [-0.2, 0) is 10.0 Å². The average Bonchev–Trinajstić information content (AvgIpc) is 3.38. The molecule has 4 heterocycles. The number of halogens is 5. The number of nitrogens with zero attached hydrogens (tertiary/aromatic N) is 4. The van der Waals surface area contributed by atoms with Crippen LogP contribution in [0.2, 0.25) is 0 Å². The third kappa shape index (κ3) is 6.29. The predicted molar refractivity (Wildman–Crippen MR) is 141 cm³/mol. The number of nitrogens with one attached hydrogen (secondary N) is 2. The number of anilines is 2. The maximum absolute atomic E-state index is 15.3. The monoisotopic (exact) mass is 594 g/mol. The lowest BCUT2D eigenvalue weighted by molar-refractivity contribution is -0.129. The number of aromatic nitrogens is 4. The summed E-state index contributed by atoms with van der Waals surface area (Å²) >= 11 is 0. The number of pyridine rings is 1. The fourth-order valence-electron chi connectivity index (χ4n) is 4.50. The Labute approximate surface area is 230 Å². The molecule has 0 radical (unpaired) electrons. The van der Waals surface area contributed by atoms with Gasteiger partial charge >= 0.3 is 6.18 Å². The summed E-state index contributed by atoms with van der Waals surface area (Å²) in [6.07, 6.45) is 2.85. The molecule has 9 nitrogen and oxygen atoms in total. The number of hydrogen-bond donors (Lipinski definition) is 2. The van der Waals surface area contributed by atoms with Gasteiger partial charge < -0.3 is 9.88 Å². The maximum atomic E-state index is 15.3. The molecule has 4 aromatic rings. The molecule has 0 amide bonds.